The second kappa shape index (κ2) is 4.97. The Kier molecular flexibility index (Phi) is 3.61. The zero-order valence-electron chi connectivity index (χ0n) is 9.75. The molecule has 2 rings (SSSR count). The fraction of sp³-hybridized carbons (Fsp3) is 0.583. The largest absolute Gasteiger partial charge is 0.325 e. The maximum Gasteiger partial charge on any atom is 0.221 e. The summed E-state index contributed by atoms with van der Waals surface area (Å²) in [5.41, 5.74) is 0.957. The molecule has 0 saturated heterocycles. The van der Waals surface area contributed by atoms with Crippen molar-refractivity contribution >= 4 is 22.9 Å². The highest BCUT2D eigenvalue weighted by atomic mass is 32.1. The van der Waals surface area contributed by atoms with Crippen LogP contribution in [0, 0.1) is 5.92 Å². The number of carbonyl (C=O) groups excluding carboxylic acids is 1. The van der Waals surface area contributed by atoms with Crippen LogP contribution in [0.4, 0.5) is 5.69 Å². The van der Waals surface area contributed by atoms with Gasteiger partial charge in [-0.1, -0.05) is 13.3 Å². The molecule has 16 heavy (non-hydrogen) atoms. The fourth-order valence-corrected chi connectivity index (χ4v) is 2.73. The highest BCUT2D eigenvalue weighted by molar-refractivity contribution is 7.10. The predicted octanol–water partition coefficient (Wildman–Crippen LogP) is 2.59. The summed E-state index contributed by atoms with van der Waals surface area (Å²) in [6.45, 7) is 4.65. The normalized spacial score (nSPS) is 23.1. The van der Waals surface area contributed by atoms with Gasteiger partial charge in [-0.05, 0) is 23.8 Å². The number of amides is 1. The maximum atomic E-state index is 11.0. The van der Waals surface area contributed by atoms with Crippen LogP contribution in [-0.4, -0.2) is 11.9 Å². The molecule has 2 unspecified atom stereocenters. The van der Waals surface area contributed by atoms with E-state index in [0.29, 0.717) is 6.04 Å². The summed E-state index contributed by atoms with van der Waals surface area (Å²) in [5.74, 6) is 0.863. The molecule has 1 amide bonds. The van der Waals surface area contributed by atoms with Gasteiger partial charge in [-0.2, -0.15) is 0 Å². The molecule has 1 saturated carbocycles. The van der Waals surface area contributed by atoms with Crippen molar-refractivity contribution in [3.63, 3.8) is 0 Å². The van der Waals surface area contributed by atoms with E-state index >= 15 is 0 Å². The Morgan fingerprint density at radius 2 is 2.44 bits per heavy atom. The number of hydrogen-bond acceptors (Lipinski definition) is 3. The number of thiophene rings is 1. The summed E-state index contributed by atoms with van der Waals surface area (Å²) in [7, 11) is 0. The number of hydrogen-bond donors (Lipinski definition) is 2. The van der Waals surface area contributed by atoms with Crippen LogP contribution >= 0.6 is 11.3 Å². The summed E-state index contributed by atoms with van der Waals surface area (Å²) < 4.78 is 0. The third kappa shape index (κ3) is 2.83. The van der Waals surface area contributed by atoms with Gasteiger partial charge in [-0.25, -0.2) is 0 Å². The van der Waals surface area contributed by atoms with E-state index in [0.717, 1.165) is 18.2 Å². The van der Waals surface area contributed by atoms with Crippen LogP contribution in [0.15, 0.2) is 11.4 Å². The lowest BCUT2D eigenvalue weighted by Crippen LogP contribution is -2.18. The SMILES string of the molecule is CCC1CC1NCc1sccc1NC(C)=O. The molecule has 4 heteroatoms. The van der Waals surface area contributed by atoms with Gasteiger partial charge in [0.1, 0.15) is 0 Å². The van der Waals surface area contributed by atoms with E-state index in [9.17, 15) is 4.79 Å². The summed E-state index contributed by atoms with van der Waals surface area (Å²) in [5, 5.41) is 8.41. The van der Waals surface area contributed by atoms with Crippen molar-refractivity contribution in [2.24, 2.45) is 5.92 Å². The van der Waals surface area contributed by atoms with Crippen molar-refractivity contribution in [2.45, 2.75) is 39.3 Å². The molecule has 0 aliphatic heterocycles. The number of anilines is 1. The van der Waals surface area contributed by atoms with E-state index in [-0.39, 0.29) is 5.91 Å². The summed E-state index contributed by atoms with van der Waals surface area (Å²) in [6.07, 6.45) is 2.57. The Morgan fingerprint density at radius 3 is 3.06 bits per heavy atom. The Hall–Kier alpha value is -0.870. The third-order valence-corrected chi connectivity index (χ3v) is 3.95. The molecule has 0 bridgehead atoms. The van der Waals surface area contributed by atoms with Gasteiger partial charge < -0.3 is 10.6 Å². The first-order chi connectivity index (χ1) is 7.70. The minimum atomic E-state index is -0.00231. The molecule has 0 aromatic carbocycles. The van der Waals surface area contributed by atoms with Crippen molar-refractivity contribution in [3.8, 4) is 0 Å². The summed E-state index contributed by atoms with van der Waals surface area (Å²) in [4.78, 5) is 12.2. The average molecular weight is 238 g/mol. The first-order valence-electron chi connectivity index (χ1n) is 5.78. The van der Waals surface area contributed by atoms with Crippen LogP contribution in [0.25, 0.3) is 0 Å². The Labute approximate surface area is 100 Å². The van der Waals surface area contributed by atoms with Gasteiger partial charge in [0.15, 0.2) is 0 Å². The zero-order chi connectivity index (χ0) is 11.5. The maximum absolute atomic E-state index is 11.0. The minimum Gasteiger partial charge on any atom is -0.325 e. The van der Waals surface area contributed by atoms with Crippen LogP contribution in [0.5, 0.6) is 0 Å². The molecule has 1 fully saturated rings. The molecule has 2 atom stereocenters. The Morgan fingerprint density at radius 1 is 1.62 bits per heavy atom. The number of rotatable bonds is 5. The van der Waals surface area contributed by atoms with Crippen molar-refractivity contribution < 1.29 is 4.79 Å². The molecule has 0 radical (unpaired) electrons. The Bertz CT molecular complexity index is 375. The van der Waals surface area contributed by atoms with Crippen LogP contribution in [0.3, 0.4) is 0 Å². The van der Waals surface area contributed by atoms with Crippen molar-refractivity contribution in [1.82, 2.24) is 5.32 Å². The molecule has 1 aliphatic carbocycles. The zero-order valence-corrected chi connectivity index (χ0v) is 10.6. The molecule has 1 aliphatic rings. The number of carbonyl (C=O) groups is 1. The molecule has 1 aromatic rings. The lowest BCUT2D eigenvalue weighted by molar-refractivity contribution is -0.114. The quantitative estimate of drug-likeness (QED) is 0.828. The first kappa shape index (κ1) is 11.6. The molecular weight excluding hydrogens is 220 g/mol. The van der Waals surface area contributed by atoms with E-state index < -0.39 is 0 Å². The highest BCUT2D eigenvalue weighted by Gasteiger charge is 2.34. The van der Waals surface area contributed by atoms with Crippen molar-refractivity contribution in [3.05, 3.63) is 16.3 Å². The molecular formula is C12H18N2OS. The van der Waals surface area contributed by atoms with Gasteiger partial charge in [-0.3, -0.25) is 4.79 Å². The molecule has 88 valence electrons. The van der Waals surface area contributed by atoms with E-state index in [2.05, 4.69) is 17.6 Å². The lowest BCUT2D eigenvalue weighted by atomic mass is 10.3. The van der Waals surface area contributed by atoms with Crippen LogP contribution < -0.4 is 10.6 Å². The molecule has 0 spiro atoms. The predicted molar refractivity (Wildman–Crippen MR) is 67.6 cm³/mol. The van der Waals surface area contributed by atoms with Gasteiger partial charge in [0.05, 0.1) is 5.69 Å². The topological polar surface area (TPSA) is 41.1 Å². The van der Waals surface area contributed by atoms with Crippen LogP contribution in [0.2, 0.25) is 0 Å². The molecule has 1 heterocycles. The van der Waals surface area contributed by atoms with E-state index in [4.69, 9.17) is 0 Å². The van der Waals surface area contributed by atoms with Gasteiger partial charge >= 0.3 is 0 Å². The molecule has 2 N–H and O–H groups in total. The minimum absolute atomic E-state index is 0.00231. The summed E-state index contributed by atoms with van der Waals surface area (Å²) >= 11 is 1.69. The molecule has 3 nitrogen and oxygen atoms in total. The second-order valence-corrected chi connectivity index (χ2v) is 5.33. The highest BCUT2D eigenvalue weighted by Crippen LogP contribution is 2.34. The van der Waals surface area contributed by atoms with Crippen LogP contribution in [-0.2, 0) is 11.3 Å². The van der Waals surface area contributed by atoms with Crippen LogP contribution in [0.1, 0.15) is 31.6 Å². The number of nitrogens with one attached hydrogen (secondary N) is 2. The van der Waals surface area contributed by atoms with E-state index in [1.807, 2.05) is 11.4 Å². The standard InChI is InChI=1S/C12H18N2OS/c1-3-9-6-11(9)13-7-12-10(4-5-16-12)14-8(2)15/h4-5,9,11,13H,3,6-7H2,1-2H3,(H,14,15). The van der Waals surface area contributed by atoms with E-state index in [1.54, 1.807) is 18.3 Å². The lowest BCUT2D eigenvalue weighted by Gasteiger charge is -2.05. The summed E-state index contributed by atoms with van der Waals surface area (Å²) in [6, 6.07) is 2.66. The van der Waals surface area contributed by atoms with Gasteiger partial charge in [0.2, 0.25) is 5.91 Å². The van der Waals surface area contributed by atoms with Gasteiger partial charge in [0.25, 0.3) is 0 Å². The van der Waals surface area contributed by atoms with Crippen molar-refractivity contribution in [1.29, 1.82) is 0 Å². The fourth-order valence-electron chi connectivity index (χ4n) is 1.95. The van der Waals surface area contributed by atoms with Gasteiger partial charge in [0, 0.05) is 24.4 Å². The Balaban J connectivity index is 1.84. The van der Waals surface area contributed by atoms with E-state index in [1.165, 1.54) is 17.7 Å². The monoisotopic (exact) mass is 238 g/mol. The third-order valence-electron chi connectivity index (χ3n) is 3.03. The first-order valence-corrected chi connectivity index (χ1v) is 6.66. The smallest absolute Gasteiger partial charge is 0.221 e. The average Bonchev–Trinajstić information content (AvgIpc) is 2.88. The molecule has 1 aromatic heterocycles. The second-order valence-electron chi connectivity index (χ2n) is 4.33. The van der Waals surface area contributed by atoms with Gasteiger partial charge in [-0.15, -0.1) is 11.3 Å². The van der Waals surface area contributed by atoms with Crippen molar-refractivity contribution in [2.75, 3.05) is 5.32 Å².